The van der Waals surface area contributed by atoms with Crippen LogP contribution in [-0.2, 0) is 17.6 Å². The number of anilines is 1. The van der Waals surface area contributed by atoms with Gasteiger partial charge in [0.15, 0.2) is 5.11 Å². The maximum absolute atomic E-state index is 12.2. The summed E-state index contributed by atoms with van der Waals surface area (Å²) in [7, 11) is 0. The van der Waals surface area contributed by atoms with Crippen molar-refractivity contribution in [2.75, 3.05) is 5.32 Å². The van der Waals surface area contributed by atoms with Crippen molar-refractivity contribution in [3.63, 3.8) is 0 Å². The summed E-state index contributed by atoms with van der Waals surface area (Å²) in [5.74, 6) is -0.0538. The molecule has 1 amide bonds. The summed E-state index contributed by atoms with van der Waals surface area (Å²) in [6, 6.07) is 17.2. The van der Waals surface area contributed by atoms with Crippen LogP contribution in [0, 0.1) is 0 Å². The number of nitrogens with two attached hydrogens (primary N) is 1. The second-order valence-electron chi connectivity index (χ2n) is 4.86. The van der Waals surface area contributed by atoms with E-state index in [1.165, 1.54) is 0 Å². The molecule has 5 nitrogen and oxygen atoms in total. The number of hydrogen-bond donors (Lipinski definition) is 3. The Balaban J connectivity index is 1.98. The number of nitrogens with one attached hydrogen (secondary N) is 2. The number of amides is 1. The zero-order chi connectivity index (χ0) is 16.5. The Morgan fingerprint density at radius 3 is 2.57 bits per heavy atom. The van der Waals surface area contributed by atoms with Crippen LogP contribution in [-0.4, -0.2) is 17.2 Å². The highest BCUT2D eigenvalue weighted by Crippen LogP contribution is 2.15. The molecule has 0 aromatic heterocycles. The standard InChI is InChI=1S/C17H18N4OS/c18-17(23)21-19-11-10-14-8-4-5-9-15(14)20-16(22)12-13-6-2-1-3-7-13/h1-9,11H,10,12H2,(H,20,22)(H3,18,21,23). The number of thiocarbonyl (C=S) groups is 1. The average molecular weight is 326 g/mol. The fourth-order valence-corrected chi connectivity index (χ4v) is 2.10. The van der Waals surface area contributed by atoms with Crippen LogP contribution >= 0.6 is 12.2 Å². The largest absolute Gasteiger partial charge is 0.375 e. The van der Waals surface area contributed by atoms with Crippen molar-refractivity contribution in [1.29, 1.82) is 0 Å². The molecule has 0 unspecified atom stereocenters. The van der Waals surface area contributed by atoms with Crippen LogP contribution in [0.25, 0.3) is 0 Å². The first-order valence-electron chi connectivity index (χ1n) is 7.14. The van der Waals surface area contributed by atoms with E-state index >= 15 is 0 Å². The van der Waals surface area contributed by atoms with Crippen LogP contribution in [0.3, 0.4) is 0 Å². The molecule has 0 radical (unpaired) electrons. The number of carbonyl (C=O) groups excluding carboxylic acids is 1. The van der Waals surface area contributed by atoms with Crippen molar-refractivity contribution in [3.8, 4) is 0 Å². The van der Waals surface area contributed by atoms with Crippen LogP contribution in [0.15, 0.2) is 59.7 Å². The zero-order valence-corrected chi connectivity index (χ0v) is 13.3. The third-order valence-corrected chi connectivity index (χ3v) is 3.17. The first kappa shape index (κ1) is 16.6. The van der Waals surface area contributed by atoms with Crippen LogP contribution in [0.2, 0.25) is 0 Å². The van der Waals surface area contributed by atoms with E-state index in [2.05, 4.69) is 28.1 Å². The van der Waals surface area contributed by atoms with Gasteiger partial charge in [0.05, 0.1) is 6.42 Å². The second kappa shape index (κ2) is 8.65. The highest BCUT2D eigenvalue weighted by Gasteiger charge is 2.06. The molecule has 0 heterocycles. The number of benzene rings is 2. The van der Waals surface area contributed by atoms with E-state index in [0.717, 1.165) is 16.8 Å². The highest BCUT2D eigenvalue weighted by atomic mass is 32.1. The van der Waals surface area contributed by atoms with Crippen molar-refractivity contribution < 1.29 is 4.79 Å². The molecule has 23 heavy (non-hydrogen) atoms. The lowest BCUT2D eigenvalue weighted by molar-refractivity contribution is -0.115. The van der Waals surface area contributed by atoms with Crippen molar-refractivity contribution >= 4 is 35.1 Å². The van der Waals surface area contributed by atoms with Crippen molar-refractivity contribution in [2.45, 2.75) is 12.8 Å². The number of para-hydroxylation sites is 1. The second-order valence-corrected chi connectivity index (χ2v) is 5.30. The maximum Gasteiger partial charge on any atom is 0.228 e. The lowest BCUT2D eigenvalue weighted by Crippen LogP contribution is -2.24. The molecule has 0 saturated carbocycles. The maximum atomic E-state index is 12.2. The predicted molar refractivity (Wildman–Crippen MR) is 97.3 cm³/mol. The van der Waals surface area contributed by atoms with E-state index < -0.39 is 0 Å². The predicted octanol–water partition coefficient (Wildman–Crippen LogP) is 2.23. The van der Waals surface area contributed by atoms with Gasteiger partial charge < -0.3 is 11.1 Å². The molecule has 0 atom stereocenters. The highest BCUT2D eigenvalue weighted by molar-refractivity contribution is 7.80. The third-order valence-electron chi connectivity index (χ3n) is 3.08. The summed E-state index contributed by atoms with van der Waals surface area (Å²) >= 11 is 4.67. The molecule has 2 aromatic carbocycles. The van der Waals surface area contributed by atoms with E-state index in [-0.39, 0.29) is 11.0 Å². The van der Waals surface area contributed by atoms with Gasteiger partial charge in [0.25, 0.3) is 0 Å². The van der Waals surface area contributed by atoms with Gasteiger partial charge in [-0.2, -0.15) is 5.10 Å². The van der Waals surface area contributed by atoms with Gasteiger partial charge in [-0.25, -0.2) is 0 Å². The topological polar surface area (TPSA) is 79.5 Å². The fourth-order valence-electron chi connectivity index (χ4n) is 2.05. The van der Waals surface area contributed by atoms with Crippen molar-refractivity contribution in [3.05, 3.63) is 65.7 Å². The quantitative estimate of drug-likeness (QED) is 0.432. The number of rotatable bonds is 6. The smallest absolute Gasteiger partial charge is 0.228 e. The van der Waals surface area contributed by atoms with E-state index in [0.29, 0.717) is 12.8 Å². The number of nitrogens with zero attached hydrogens (tertiary/aromatic N) is 1. The monoisotopic (exact) mass is 326 g/mol. The average Bonchev–Trinajstić information content (AvgIpc) is 2.53. The van der Waals surface area contributed by atoms with E-state index in [4.69, 9.17) is 5.73 Å². The molecule has 0 fully saturated rings. The van der Waals surface area contributed by atoms with Crippen LogP contribution in [0.4, 0.5) is 5.69 Å². The molecule has 0 aliphatic rings. The van der Waals surface area contributed by atoms with Gasteiger partial charge in [-0.1, -0.05) is 48.5 Å². The van der Waals surface area contributed by atoms with Gasteiger partial charge >= 0.3 is 0 Å². The fraction of sp³-hybridized carbons (Fsp3) is 0.118. The summed E-state index contributed by atoms with van der Waals surface area (Å²) in [6.07, 6.45) is 2.55. The van der Waals surface area contributed by atoms with Crippen molar-refractivity contribution in [1.82, 2.24) is 5.43 Å². The molecular weight excluding hydrogens is 308 g/mol. The summed E-state index contributed by atoms with van der Waals surface area (Å²) in [5.41, 5.74) is 10.5. The minimum absolute atomic E-state index is 0.0538. The van der Waals surface area contributed by atoms with Crippen LogP contribution in [0.1, 0.15) is 11.1 Å². The lowest BCUT2D eigenvalue weighted by atomic mass is 10.1. The molecule has 0 aliphatic heterocycles. The number of hydrazone groups is 1. The van der Waals surface area contributed by atoms with Gasteiger partial charge in [0.2, 0.25) is 5.91 Å². The lowest BCUT2D eigenvalue weighted by Gasteiger charge is -2.09. The molecule has 4 N–H and O–H groups in total. The first-order chi connectivity index (χ1) is 11.1. The summed E-state index contributed by atoms with van der Waals surface area (Å²) < 4.78 is 0. The van der Waals surface area contributed by atoms with Gasteiger partial charge in [-0.05, 0) is 29.4 Å². The van der Waals surface area contributed by atoms with E-state index in [1.54, 1.807) is 6.21 Å². The molecule has 0 aliphatic carbocycles. The number of hydrogen-bond acceptors (Lipinski definition) is 3. The summed E-state index contributed by atoms with van der Waals surface area (Å²) in [4.78, 5) is 12.2. The Kier molecular flexibility index (Phi) is 6.26. The molecule has 0 saturated heterocycles. The number of carbonyl (C=O) groups is 1. The summed E-state index contributed by atoms with van der Waals surface area (Å²) in [6.45, 7) is 0. The van der Waals surface area contributed by atoms with E-state index in [9.17, 15) is 4.79 Å². The van der Waals surface area contributed by atoms with E-state index in [1.807, 2.05) is 54.6 Å². The van der Waals surface area contributed by atoms with Crippen LogP contribution in [0.5, 0.6) is 0 Å². The molecule has 0 bridgehead atoms. The van der Waals surface area contributed by atoms with Gasteiger partial charge in [0.1, 0.15) is 0 Å². The Morgan fingerprint density at radius 1 is 1.13 bits per heavy atom. The SMILES string of the molecule is NC(=S)NN=CCc1ccccc1NC(=O)Cc1ccccc1. The van der Waals surface area contributed by atoms with Gasteiger partial charge in [-0.3, -0.25) is 10.2 Å². The molecule has 6 heteroatoms. The van der Waals surface area contributed by atoms with Gasteiger partial charge in [0, 0.05) is 18.3 Å². The summed E-state index contributed by atoms with van der Waals surface area (Å²) in [5, 5.41) is 6.95. The Hall–Kier alpha value is -2.73. The molecule has 2 rings (SSSR count). The third kappa shape index (κ3) is 5.88. The van der Waals surface area contributed by atoms with Crippen molar-refractivity contribution in [2.24, 2.45) is 10.8 Å². The minimum atomic E-state index is -0.0538. The minimum Gasteiger partial charge on any atom is -0.375 e. The molecule has 2 aromatic rings. The molecule has 0 spiro atoms. The van der Waals surface area contributed by atoms with Crippen LogP contribution < -0.4 is 16.5 Å². The molecular formula is C17H18N4OS. The molecule has 118 valence electrons. The first-order valence-corrected chi connectivity index (χ1v) is 7.54. The zero-order valence-electron chi connectivity index (χ0n) is 12.5. The Morgan fingerprint density at radius 2 is 1.83 bits per heavy atom. The Bertz CT molecular complexity index is 701. The Labute approximate surface area is 140 Å². The normalized spacial score (nSPS) is 10.4. The van der Waals surface area contributed by atoms with Gasteiger partial charge in [-0.15, -0.1) is 0 Å².